The van der Waals surface area contributed by atoms with E-state index in [1.807, 2.05) is 20.8 Å². The minimum absolute atomic E-state index is 0.252. The molecule has 2 amide bonds. The number of aliphatic hydroxyl groups is 1. The zero-order valence-electron chi connectivity index (χ0n) is 19.0. The molecule has 2 aliphatic heterocycles. The van der Waals surface area contributed by atoms with Crippen LogP contribution in [0.25, 0.3) is 0 Å². The van der Waals surface area contributed by atoms with Gasteiger partial charge in [0.05, 0.1) is 25.0 Å². The third-order valence-corrected chi connectivity index (χ3v) is 4.54. The van der Waals surface area contributed by atoms with Crippen LogP contribution in [0.4, 0.5) is 9.59 Å². The molecule has 10 nitrogen and oxygen atoms in total. The number of β-amino-alcohol motifs (C(OH)–C–C–N with tert-alkyl or cyclic N) is 1. The molecule has 11 heteroatoms. The maximum absolute atomic E-state index is 11.7. The summed E-state index contributed by atoms with van der Waals surface area (Å²) in [5.41, 5.74) is -1.00. The van der Waals surface area contributed by atoms with Crippen LogP contribution in [-0.2, 0) is 23.8 Å². The topological polar surface area (TPSA) is 123 Å². The number of carbonyl (C=O) groups is 2. The van der Waals surface area contributed by atoms with Crippen molar-refractivity contribution < 1.29 is 36.8 Å². The number of rotatable bonds is 2. The van der Waals surface area contributed by atoms with E-state index in [9.17, 15) is 23.1 Å². The Balaban J connectivity index is 0.000000311. The second kappa shape index (κ2) is 10.1. The fourth-order valence-electron chi connectivity index (χ4n) is 2.78. The number of hydrogen-bond acceptors (Lipinski definition) is 8. The number of ether oxygens (including phenoxy) is 2. The van der Waals surface area contributed by atoms with Crippen molar-refractivity contribution in [2.75, 3.05) is 32.4 Å². The molecule has 2 aliphatic rings. The van der Waals surface area contributed by atoms with Crippen molar-refractivity contribution in [3.8, 4) is 0 Å². The molecule has 0 aromatic carbocycles. The van der Waals surface area contributed by atoms with Crippen LogP contribution in [0.15, 0.2) is 0 Å². The minimum atomic E-state index is -3.47. The molecular weight excluding hydrogens is 416 g/mol. The first-order valence-electron chi connectivity index (χ1n) is 9.97. The summed E-state index contributed by atoms with van der Waals surface area (Å²) in [7, 11) is -3.47. The summed E-state index contributed by atoms with van der Waals surface area (Å²) in [6.45, 7) is 12.5. The van der Waals surface area contributed by atoms with Gasteiger partial charge in [-0.1, -0.05) is 0 Å². The third-order valence-electron chi connectivity index (χ3n) is 3.92. The molecule has 1 N–H and O–H groups in total. The van der Waals surface area contributed by atoms with E-state index in [1.165, 1.54) is 9.80 Å². The van der Waals surface area contributed by atoms with Gasteiger partial charge < -0.3 is 24.4 Å². The minimum Gasteiger partial charge on any atom is -0.444 e. The summed E-state index contributed by atoms with van der Waals surface area (Å²) in [6.07, 6.45) is 0.556. The van der Waals surface area contributed by atoms with E-state index in [2.05, 4.69) is 0 Å². The average molecular weight is 453 g/mol. The lowest BCUT2D eigenvalue weighted by Crippen LogP contribution is -2.36. The van der Waals surface area contributed by atoms with Crippen molar-refractivity contribution in [3.05, 3.63) is 0 Å². The van der Waals surface area contributed by atoms with Crippen molar-refractivity contribution in [2.24, 2.45) is 0 Å². The third kappa shape index (κ3) is 11.0. The number of aliphatic hydroxyl groups excluding tert-OH is 1. The van der Waals surface area contributed by atoms with Gasteiger partial charge in [0.15, 0.2) is 0 Å². The highest BCUT2D eigenvalue weighted by atomic mass is 32.2. The molecule has 2 heterocycles. The number of carbonyl (C=O) groups excluding carboxylic acids is 2. The first-order chi connectivity index (χ1) is 13.5. The number of amides is 2. The molecule has 0 aliphatic carbocycles. The van der Waals surface area contributed by atoms with Gasteiger partial charge in [0.2, 0.25) is 0 Å². The molecule has 2 atom stereocenters. The van der Waals surface area contributed by atoms with Crippen molar-refractivity contribution in [3.63, 3.8) is 0 Å². The van der Waals surface area contributed by atoms with Gasteiger partial charge in [-0.25, -0.2) is 9.59 Å². The Labute approximate surface area is 179 Å². The maximum atomic E-state index is 11.7. The summed E-state index contributed by atoms with van der Waals surface area (Å²) in [6, 6.07) is 0. The van der Waals surface area contributed by atoms with Crippen molar-refractivity contribution in [2.45, 2.75) is 77.8 Å². The van der Waals surface area contributed by atoms with E-state index >= 15 is 0 Å². The molecule has 0 radical (unpaired) electrons. The van der Waals surface area contributed by atoms with Crippen LogP contribution in [0.2, 0.25) is 0 Å². The molecule has 0 spiro atoms. The highest BCUT2D eigenvalue weighted by Gasteiger charge is 2.32. The molecule has 0 aromatic rings. The summed E-state index contributed by atoms with van der Waals surface area (Å²) in [5, 5.41) is 9.20. The van der Waals surface area contributed by atoms with Crippen molar-refractivity contribution >= 4 is 22.3 Å². The van der Waals surface area contributed by atoms with E-state index in [0.29, 0.717) is 32.5 Å². The van der Waals surface area contributed by atoms with Gasteiger partial charge in [-0.15, -0.1) is 0 Å². The number of hydrogen-bond donors (Lipinski definition) is 1. The van der Waals surface area contributed by atoms with E-state index in [0.717, 1.165) is 6.26 Å². The second-order valence-corrected chi connectivity index (χ2v) is 11.1. The highest BCUT2D eigenvalue weighted by Crippen LogP contribution is 2.18. The number of nitrogens with zero attached hydrogens (tertiary/aromatic N) is 2. The van der Waals surface area contributed by atoms with E-state index < -0.39 is 33.5 Å². The SMILES string of the molecule is CC(C)(C)OC(=O)N1CC[C@H](O)C1.CC(C)(C)OC(=O)N1CC[C@H](OS(C)(=O)=O)C1. The molecule has 176 valence electrons. The van der Waals surface area contributed by atoms with Crippen LogP contribution in [0.1, 0.15) is 54.4 Å². The molecule has 0 saturated carbocycles. The van der Waals surface area contributed by atoms with Gasteiger partial charge in [0.1, 0.15) is 11.2 Å². The average Bonchev–Trinajstić information content (AvgIpc) is 3.12. The fraction of sp³-hybridized carbons (Fsp3) is 0.895. The van der Waals surface area contributed by atoms with E-state index in [1.54, 1.807) is 20.8 Å². The molecule has 2 rings (SSSR count). The van der Waals surface area contributed by atoms with Gasteiger partial charge in [0, 0.05) is 19.6 Å². The summed E-state index contributed by atoms with van der Waals surface area (Å²) < 4.78 is 37.0. The highest BCUT2D eigenvalue weighted by molar-refractivity contribution is 7.86. The monoisotopic (exact) mass is 452 g/mol. The first kappa shape index (κ1) is 26.4. The lowest BCUT2D eigenvalue weighted by atomic mass is 10.2. The fourth-order valence-corrected chi connectivity index (χ4v) is 3.43. The predicted octanol–water partition coefficient (Wildman–Crippen LogP) is 1.96. The van der Waals surface area contributed by atoms with Gasteiger partial charge in [-0.05, 0) is 54.4 Å². The maximum Gasteiger partial charge on any atom is 0.410 e. The van der Waals surface area contributed by atoms with Crippen LogP contribution in [-0.4, -0.2) is 91.4 Å². The standard InChI is InChI=1S/C10H19NO5S.C9H17NO3/c1-10(2,3)15-9(12)11-6-5-8(7-11)16-17(4,13)14;1-9(2,3)13-8(12)10-5-4-7(11)6-10/h8H,5-7H2,1-4H3;7,11H,4-6H2,1-3H3/t8-;7-/m00/s1. The van der Waals surface area contributed by atoms with Crippen molar-refractivity contribution in [1.82, 2.24) is 9.80 Å². The van der Waals surface area contributed by atoms with Crippen LogP contribution in [0, 0.1) is 0 Å². The molecule has 0 aromatic heterocycles. The van der Waals surface area contributed by atoms with E-state index in [-0.39, 0.29) is 18.7 Å². The normalized spacial score (nSPS) is 22.4. The Morgan fingerprint density at radius 3 is 1.67 bits per heavy atom. The second-order valence-electron chi connectivity index (χ2n) is 9.51. The van der Waals surface area contributed by atoms with Gasteiger partial charge in [-0.3, -0.25) is 4.18 Å². The smallest absolute Gasteiger partial charge is 0.410 e. The molecule has 0 unspecified atom stereocenters. The lowest BCUT2D eigenvalue weighted by molar-refractivity contribution is 0.0263. The largest absolute Gasteiger partial charge is 0.444 e. The Hall–Kier alpha value is -1.59. The summed E-state index contributed by atoms with van der Waals surface area (Å²) >= 11 is 0. The predicted molar refractivity (Wildman–Crippen MR) is 111 cm³/mol. The Morgan fingerprint density at radius 1 is 0.867 bits per heavy atom. The Bertz CT molecular complexity index is 696. The molecular formula is C19H36N2O8S. The molecule has 2 saturated heterocycles. The Morgan fingerprint density at radius 2 is 1.30 bits per heavy atom. The molecule has 0 bridgehead atoms. The summed E-state index contributed by atoms with van der Waals surface area (Å²) in [4.78, 5) is 26.1. The zero-order valence-corrected chi connectivity index (χ0v) is 19.8. The van der Waals surface area contributed by atoms with Gasteiger partial charge in [-0.2, -0.15) is 8.42 Å². The van der Waals surface area contributed by atoms with Crippen LogP contribution >= 0.6 is 0 Å². The first-order valence-corrected chi connectivity index (χ1v) is 11.8. The van der Waals surface area contributed by atoms with Crippen LogP contribution < -0.4 is 0 Å². The zero-order chi connectivity index (χ0) is 23.3. The lowest BCUT2D eigenvalue weighted by Gasteiger charge is -2.24. The quantitative estimate of drug-likeness (QED) is 0.631. The van der Waals surface area contributed by atoms with E-state index in [4.69, 9.17) is 13.7 Å². The van der Waals surface area contributed by atoms with Gasteiger partial charge >= 0.3 is 12.2 Å². The van der Waals surface area contributed by atoms with Crippen LogP contribution in [0.5, 0.6) is 0 Å². The van der Waals surface area contributed by atoms with Crippen LogP contribution in [0.3, 0.4) is 0 Å². The van der Waals surface area contributed by atoms with Crippen molar-refractivity contribution in [1.29, 1.82) is 0 Å². The molecule has 2 fully saturated rings. The Kier molecular flexibility index (Phi) is 8.94. The summed E-state index contributed by atoms with van der Waals surface area (Å²) in [5.74, 6) is 0. The molecule has 30 heavy (non-hydrogen) atoms. The van der Waals surface area contributed by atoms with Gasteiger partial charge in [0.25, 0.3) is 10.1 Å². The number of likely N-dealkylation sites (tertiary alicyclic amines) is 2.